The van der Waals surface area contributed by atoms with Gasteiger partial charge in [-0.2, -0.15) is 0 Å². The number of benzene rings is 4. The molecule has 0 spiro atoms. The second-order valence-electron chi connectivity index (χ2n) is 11.1. The summed E-state index contributed by atoms with van der Waals surface area (Å²) in [6.45, 7) is 0.956. The number of carbonyl (C=O) groups is 1. The molecule has 0 saturated heterocycles. The van der Waals surface area contributed by atoms with Gasteiger partial charge in [0.15, 0.2) is 11.6 Å². The smallest absolute Gasteiger partial charge is 0.252 e. The van der Waals surface area contributed by atoms with E-state index in [0.29, 0.717) is 46.5 Å². The standard InChI is InChI=1S/C36H35Cl2N5O4/c37-29-15-18-31(32(38)22-29)33-36(23-27-11-4-5-12-28(27)24-41-43-39,35(45)40-19-6-10-25-8-2-1-3-9-25)42-34(47-33)26-13-16-30(17-14-26)46-21-7-20-44/h1-5,8-9,11-18,22,33,44H,6-7,10,19-21,23-24H2,(H,40,45)/t33-,36-/m1/s1. The van der Waals surface area contributed by atoms with Crippen LogP contribution in [0.2, 0.25) is 10.0 Å². The van der Waals surface area contributed by atoms with Crippen LogP contribution in [0.15, 0.2) is 107 Å². The van der Waals surface area contributed by atoms with E-state index in [-0.39, 0.29) is 31.4 Å². The number of nitrogens with one attached hydrogen (secondary N) is 1. The predicted octanol–water partition coefficient (Wildman–Crippen LogP) is 7.81. The molecule has 0 aromatic heterocycles. The van der Waals surface area contributed by atoms with Crippen LogP contribution in [-0.4, -0.2) is 42.2 Å². The number of rotatable bonds is 15. The summed E-state index contributed by atoms with van der Waals surface area (Å²) in [6, 6.07) is 29.9. The number of halogens is 2. The summed E-state index contributed by atoms with van der Waals surface area (Å²) in [5.41, 5.74) is 11.5. The average molecular weight is 673 g/mol. The average Bonchev–Trinajstić information content (AvgIpc) is 3.47. The Morgan fingerprint density at radius 3 is 2.47 bits per heavy atom. The van der Waals surface area contributed by atoms with Crippen LogP contribution in [0.3, 0.4) is 0 Å². The normalized spacial score (nSPS) is 16.9. The Kier molecular flexibility index (Phi) is 11.8. The van der Waals surface area contributed by atoms with Crippen LogP contribution in [0.25, 0.3) is 10.4 Å². The van der Waals surface area contributed by atoms with Crippen LogP contribution in [0, 0.1) is 0 Å². The Morgan fingerprint density at radius 2 is 1.74 bits per heavy atom. The fourth-order valence-corrected chi connectivity index (χ4v) is 6.06. The number of aliphatic hydroxyl groups is 1. The monoisotopic (exact) mass is 671 g/mol. The van der Waals surface area contributed by atoms with Gasteiger partial charge < -0.3 is 19.9 Å². The SMILES string of the molecule is [N-]=[N+]=NCc1ccccc1C[C@@]1(C(=O)NCCCc2ccccc2)N=C(c2ccc(OCCCO)cc2)O[C@@H]1c1ccc(Cl)cc1Cl. The summed E-state index contributed by atoms with van der Waals surface area (Å²) in [6.07, 6.45) is 1.27. The molecule has 9 nitrogen and oxygen atoms in total. The van der Waals surface area contributed by atoms with Crippen molar-refractivity contribution >= 4 is 35.0 Å². The van der Waals surface area contributed by atoms with E-state index in [1.807, 2.05) is 54.6 Å². The quantitative estimate of drug-likeness (QED) is 0.0578. The molecule has 2 atom stereocenters. The van der Waals surface area contributed by atoms with Gasteiger partial charge in [0, 0.05) is 52.1 Å². The highest BCUT2D eigenvalue weighted by molar-refractivity contribution is 6.35. The van der Waals surface area contributed by atoms with Gasteiger partial charge in [0.05, 0.1) is 13.2 Å². The van der Waals surface area contributed by atoms with Crippen molar-refractivity contribution in [1.29, 1.82) is 0 Å². The van der Waals surface area contributed by atoms with Crippen molar-refractivity contribution in [3.05, 3.63) is 145 Å². The number of azide groups is 1. The third-order valence-electron chi connectivity index (χ3n) is 7.93. The summed E-state index contributed by atoms with van der Waals surface area (Å²) >= 11 is 13.1. The lowest BCUT2D eigenvalue weighted by Crippen LogP contribution is -2.50. The molecule has 0 bridgehead atoms. The molecule has 1 aliphatic rings. The Morgan fingerprint density at radius 1 is 1.00 bits per heavy atom. The first kappa shape index (κ1) is 33.8. The lowest BCUT2D eigenvalue weighted by atomic mass is 9.80. The third-order valence-corrected chi connectivity index (χ3v) is 8.49. The fourth-order valence-electron chi connectivity index (χ4n) is 5.55. The van der Waals surface area contributed by atoms with Gasteiger partial charge in [-0.05, 0) is 71.5 Å². The lowest BCUT2D eigenvalue weighted by Gasteiger charge is -2.32. The molecule has 242 valence electrons. The minimum atomic E-state index is -1.48. The molecule has 0 radical (unpaired) electrons. The Hall–Kier alpha value is -4.53. The molecule has 2 N–H and O–H groups in total. The Labute approximate surface area is 283 Å². The second kappa shape index (κ2) is 16.3. The molecule has 0 unspecified atom stereocenters. The molecule has 5 rings (SSSR count). The number of aliphatic hydroxyl groups excluding tert-OH is 1. The molecule has 1 heterocycles. The van der Waals surface area contributed by atoms with E-state index < -0.39 is 11.6 Å². The molecule has 0 aliphatic carbocycles. The zero-order valence-electron chi connectivity index (χ0n) is 25.7. The van der Waals surface area contributed by atoms with Crippen molar-refractivity contribution in [1.82, 2.24) is 5.32 Å². The van der Waals surface area contributed by atoms with Gasteiger partial charge in [-0.25, -0.2) is 4.99 Å². The molecule has 4 aromatic rings. The van der Waals surface area contributed by atoms with E-state index in [2.05, 4.69) is 27.5 Å². The van der Waals surface area contributed by atoms with E-state index in [0.717, 1.165) is 24.0 Å². The van der Waals surface area contributed by atoms with Gasteiger partial charge in [0.1, 0.15) is 5.75 Å². The maximum Gasteiger partial charge on any atom is 0.252 e. The Balaban J connectivity index is 1.55. The summed E-state index contributed by atoms with van der Waals surface area (Å²) in [7, 11) is 0. The molecular weight excluding hydrogens is 637 g/mol. The number of hydrogen-bond donors (Lipinski definition) is 2. The van der Waals surface area contributed by atoms with Gasteiger partial charge in [-0.3, -0.25) is 4.79 Å². The van der Waals surface area contributed by atoms with E-state index in [4.69, 9.17) is 48.3 Å². The number of aliphatic imine (C=N–C) groups is 1. The number of hydrogen-bond acceptors (Lipinski definition) is 6. The Bertz CT molecular complexity index is 1750. The highest BCUT2D eigenvalue weighted by atomic mass is 35.5. The van der Waals surface area contributed by atoms with Crippen molar-refractivity contribution in [2.75, 3.05) is 19.8 Å². The second-order valence-corrected chi connectivity index (χ2v) is 12.0. The minimum absolute atomic E-state index is 0.0414. The summed E-state index contributed by atoms with van der Waals surface area (Å²) in [5.74, 6) is 0.585. The third kappa shape index (κ3) is 8.44. The zero-order chi connectivity index (χ0) is 33.1. The summed E-state index contributed by atoms with van der Waals surface area (Å²) in [4.78, 5) is 22.6. The van der Waals surface area contributed by atoms with E-state index >= 15 is 0 Å². The van der Waals surface area contributed by atoms with Crippen LogP contribution >= 0.6 is 23.2 Å². The van der Waals surface area contributed by atoms with E-state index in [1.54, 1.807) is 30.3 Å². The van der Waals surface area contributed by atoms with Gasteiger partial charge in [-0.1, -0.05) is 89.0 Å². The molecule has 0 saturated carbocycles. The fraction of sp³-hybridized carbons (Fsp3) is 0.278. The molecule has 0 fully saturated rings. The van der Waals surface area contributed by atoms with Crippen molar-refractivity contribution in [2.45, 2.75) is 43.9 Å². The van der Waals surface area contributed by atoms with Crippen LogP contribution in [0.1, 0.15) is 46.8 Å². The largest absolute Gasteiger partial charge is 0.494 e. The van der Waals surface area contributed by atoms with Gasteiger partial charge in [0.2, 0.25) is 5.90 Å². The van der Waals surface area contributed by atoms with Crippen molar-refractivity contribution in [3.8, 4) is 5.75 Å². The number of aryl methyl sites for hydroxylation is 1. The molecule has 47 heavy (non-hydrogen) atoms. The van der Waals surface area contributed by atoms with E-state index in [9.17, 15) is 4.79 Å². The van der Waals surface area contributed by atoms with Crippen LogP contribution in [-0.2, 0) is 28.9 Å². The maximum atomic E-state index is 14.6. The highest BCUT2D eigenvalue weighted by Crippen LogP contribution is 2.45. The molecule has 11 heteroatoms. The predicted molar refractivity (Wildman–Crippen MR) is 184 cm³/mol. The van der Waals surface area contributed by atoms with Crippen molar-refractivity contribution in [2.24, 2.45) is 10.1 Å². The van der Waals surface area contributed by atoms with Crippen LogP contribution in [0.4, 0.5) is 0 Å². The lowest BCUT2D eigenvalue weighted by molar-refractivity contribution is -0.128. The van der Waals surface area contributed by atoms with Gasteiger partial charge in [-0.15, -0.1) is 0 Å². The maximum absolute atomic E-state index is 14.6. The highest BCUT2D eigenvalue weighted by Gasteiger charge is 2.54. The van der Waals surface area contributed by atoms with Gasteiger partial charge in [0.25, 0.3) is 5.91 Å². The minimum Gasteiger partial charge on any atom is -0.494 e. The molecule has 1 aliphatic heterocycles. The number of ether oxygens (including phenoxy) is 2. The first-order chi connectivity index (χ1) is 22.9. The van der Waals surface area contributed by atoms with Crippen molar-refractivity contribution < 1.29 is 19.4 Å². The first-order valence-electron chi connectivity index (χ1n) is 15.4. The molecular formula is C36H35Cl2N5O4. The first-order valence-corrected chi connectivity index (χ1v) is 16.1. The van der Waals surface area contributed by atoms with Crippen LogP contribution in [0.5, 0.6) is 5.75 Å². The number of amides is 1. The molecule has 1 amide bonds. The number of carbonyl (C=O) groups excluding carboxylic acids is 1. The topological polar surface area (TPSA) is 129 Å². The van der Waals surface area contributed by atoms with E-state index in [1.165, 1.54) is 5.56 Å². The number of nitrogens with zero attached hydrogens (tertiary/aromatic N) is 4. The zero-order valence-corrected chi connectivity index (χ0v) is 27.2. The molecule has 4 aromatic carbocycles. The van der Waals surface area contributed by atoms with Gasteiger partial charge >= 0.3 is 0 Å². The summed E-state index contributed by atoms with van der Waals surface area (Å²) in [5, 5.41) is 16.8. The summed E-state index contributed by atoms with van der Waals surface area (Å²) < 4.78 is 12.3. The van der Waals surface area contributed by atoms with Crippen molar-refractivity contribution in [3.63, 3.8) is 0 Å². The van der Waals surface area contributed by atoms with Crippen LogP contribution < -0.4 is 10.1 Å².